The van der Waals surface area contributed by atoms with Crippen LogP contribution in [-0.4, -0.2) is 43.1 Å². The molecule has 0 aromatic heterocycles. The maximum absolute atomic E-state index is 15.0. The van der Waals surface area contributed by atoms with Gasteiger partial charge in [0, 0.05) is 30.1 Å². The van der Waals surface area contributed by atoms with Gasteiger partial charge in [0.2, 0.25) is 0 Å². The molecule has 1 N–H and O–H groups in total. The van der Waals surface area contributed by atoms with Crippen LogP contribution in [-0.2, 0) is 5.60 Å². The fraction of sp³-hybridized carbons (Fsp3) is 0.429. The number of rotatable bonds is 6. The van der Waals surface area contributed by atoms with Gasteiger partial charge in [-0.3, -0.25) is 0 Å². The summed E-state index contributed by atoms with van der Waals surface area (Å²) in [6.45, 7) is 4.93. The summed E-state index contributed by atoms with van der Waals surface area (Å²) in [4.78, 5) is 1.97. The zero-order valence-electron chi connectivity index (χ0n) is 16.4. The first kappa shape index (κ1) is 21.4. The molecule has 8 heteroatoms. The zero-order valence-corrected chi connectivity index (χ0v) is 16.4. The van der Waals surface area contributed by atoms with Crippen LogP contribution in [0.1, 0.15) is 25.0 Å². The van der Waals surface area contributed by atoms with E-state index in [1.54, 1.807) is 13.0 Å². The summed E-state index contributed by atoms with van der Waals surface area (Å²) in [6, 6.07) is 9.14. The molecule has 2 aromatic rings. The van der Waals surface area contributed by atoms with E-state index in [4.69, 9.17) is 4.74 Å². The quantitative estimate of drug-likeness (QED) is 0.717. The first-order valence-corrected chi connectivity index (χ1v) is 9.18. The van der Waals surface area contributed by atoms with E-state index in [0.717, 1.165) is 12.1 Å². The number of hydrogen-bond acceptors (Lipinski definition) is 4. The number of nitrogens with zero attached hydrogens (tertiary/aromatic N) is 1. The average molecular weight is 413 g/mol. The minimum atomic E-state index is -4.82. The second-order valence-corrected chi connectivity index (χ2v) is 7.59. The molecule has 0 saturated carbocycles. The molecule has 1 atom stereocenters. The molecule has 1 heterocycles. The maximum atomic E-state index is 15.0. The molecule has 1 aliphatic rings. The van der Waals surface area contributed by atoms with Gasteiger partial charge in [0.15, 0.2) is 0 Å². The van der Waals surface area contributed by atoms with E-state index in [1.165, 1.54) is 24.3 Å². The molecular formula is C21H23F4NO3. The average Bonchev–Trinajstić information content (AvgIpc) is 2.59. The molecule has 0 aliphatic carbocycles. The van der Waals surface area contributed by atoms with E-state index in [1.807, 2.05) is 18.9 Å². The number of aliphatic hydroxyl groups is 1. The lowest BCUT2D eigenvalue weighted by molar-refractivity contribution is -0.274. The standard InChI is InChI=1S/C21H23F4NO3/c1-4-28-16-9-10-17(18(22)11-16)20(27,19(2)12-26(3)13-19)14-5-7-15(8-6-14)29-21(23,24)25/h5-11,27H,4,12-13H2,1-3H3. The second kappa shape index (κ2) is 7.50. The van der Waals surface area contributed by atoms with Crippen LogP contribution in [0.2, 0.25) is 0 Å². The molecule has 0 bridgehead atoms. The monoisotopic (exact) mass is 413 g/mol. The molecule has 0 amide bonds. The van der Waals surface area contributed by atoms with Crippen LogP contribution in [0.25, 0.3) is 0 Å². The van der Waals surface area contributed by atoms with Crippen molar-refractivity contribution in [2.75, 3.05) is 26.7 Å². The minimum Gasteiger partial charge on any atom is -0.494 e. The molecule has 0 spiro atoms. The Morgan fingerprint density at radius 2 is 1.66 bits per heavy atom. The van der Waals surface area contributed by atoms with E-state index in [0.29, 0.717) is 25.4 Å². The number of hydrogen-bond donors (Lipinski definition) is 1. The third kappa shape index (κ3) is 4.04. The topological polar surface area (TPSA) is 41.9 Å². The third-order valence-corrected chi connectivity index (χ3v) is 5.26. The van der Waals surface area contributed by atoms with Crippen molar-refractivity contribution < 1.29 is 32.1 Å². The third-order valence-electron chi connectivity index (χ3n) is 5.26. The zero-order chi connectivity index (χ0) is 21.4. The van der Waals surface area contributed by atoms with Crippen LogP contribution in [0.5, 0.6) is 11.5 Å². The largest absolute Gasteiger partial charge is 0.573 e. The summed E-state index contributed by atoms with van der Waals surface area (Å²) in [5, 5.41) is 11.8. The molecule has 1 aliphatic heterocycles. The summed E-state index contributed by atoms with van der Waals surface area (Å²) < 4.78 is 61.6. The first-order chi connectivity index (χ1) is 13.5. The van der Waals surface area contributed by atoms with Crippen molar-refractivity contribution in [2.24, 2.45) is 5.41 Å². The van der Waals surface area contributed by atoms with Crippen LogP contribution in [0.15, 0.2) is 42.5 Å². The van der Waals surface area contributed by atoms with Crippen LogP contribution < -0.4 is 9.47 Å². The number of ether oxygens (including phenoxy) is 2. The van der Waals surface area contributed by atoms with Gasteiger partial charge in [0.05, 0.1) is 6.61 Å². The Labute approximate surface area is 166 Å². The maximum Gasteiger partial charge on any atom is 0.573 e. The van der Waals surface area contributed by atoms with Gasteiger partial charge in [-0.2, -0.15) is 0 Å². The lowest BCUT2D eigenvalue weighted by atomic mass is 9.62. The molecule has 0 radical (unpaired) electrons. The normalized spacial score (nSPS) is 18.6. The predicted octanol–water partition coefficient (Wildman–Crippen LogP) is 4.31. The lowest BCUT2D eigenvalue weighted by Gasteiger charge is -2.56. The van der Waals surface area contributed by atoms with Crippen LogP contribution in [0.4, 0.5) is 17.6 Å². The highest BCUT2D eigenvalue weighted by Gasteiger charge is 2.56. The highest BCUT2D eigenvalue weighted by molar-refractivity contribution is 5.44. The minimum absolute atomic E-state index is 0.0426. The fourth-order valence-electron chi connectivity index (χ4n) is 4.15. The summed E-state index contributed by atoms with van der Waals surface area (Å²) in [7, 11) is 1.87. The van der Waals surface area contributed by atoms with E-state index in [2.05, 4.69) is 4.74 Å². The van der Waals surface area contributed by atoms with Gasteiger partial charge in [-0.15, -0.1) is 13.2 Å². The Morgan fingerprint density at radius 1 is 1.07 bits per heavy atom. The van der Waals surface area contributed by atoms with Crippen molar-refractivity contribution in [1.29, 1.82) is 0 Å². The predicted molar refractivity (Wildman–Crippen MR) is 99.3 cm³/mol. The van der Waals surface area contributed by atoms with E-state index >= 15 is 4.39 Å². The van der Waals surface area contributed by atoms with Gasteiger partial charge in [0.25, 0.3) is 0 Å². The van der Waals surface area contributed by atoms with Crippen LogP contribution >= 0.6 is 0 Å². The molecule has 3 rings (SSSR count). The second-order valence-electron chi connectivity index (χ2n) is 7.59. The Bertz CT molecular complexity index is 863. The van der Waals surface area contributed by atoms with Crippen molar-refractivity contribution in [3.8, 4) is 11.5 Å². The number of alkyl halides is 3. The van der Waals surface area contributed by atoms with E-state index in [-0.39, 0.29) is 11.1 Å². The molecule has 29 heavy (non-hydrogen) atoms. The van der Waals surface area contributed by atoms with Gasteiger partial charge < -0.3 is 19.5 Å². The van der Waals surface area contributed by atoms with Gasteiger partial charge in [0.1, 0.15) is 22.9 Å². The molecule has 1 fully saturated rings. The number of likely N-dealkylation sites (tertiary alicyclic amines) is 1. The van der Waals surface area contributed by atoms with Crippen molar-refractivity contribution in [1.82, 2.24) is 4.90 Å². The number of benzene rings is 2. The Kier molecular flexibility index (Phi) is 5.53. The van der Waals surface area contributed by atoms with Gasteiger partial charge in [-0.25, -0.2) is 4.39 Å². The van der Waals surface area contributed by atoms with E-state index < -0.39 is 28.9 Å². The highest BCUT2D eigenvalue weighted by atomic mass is 19.4. The van der Waals surface area contributed by atoms with Crippen molar-refractivity contribution in [3.63, 3.8) is 0 Å². The van der Waals surface area contributed by atoms with Crippen molar-refractivity contribution in [2.45, 2.75) is 25.8 Å². The molecule has 158 valence electrons. The SMILES string of the molecule is CCOc1ccc(C(O)(c2ccc(OC(F)(F)F)cc2)C2(C)CN(C)C2)c(F)c1. The van der Waals surface area contributed by atoms with E-state index in [9.17, 15) is 18.3 Å². The lowest BCUT2D eigenvalue weighted by Crippen LogP contribution is -2.63. The van der Waals surface area contributed by atoms with Crippen LogP contribution in [0, 0.1) is 11.2 Å². The number of halogens is 4. The molecule has 1 unspecified atom stereocenters. The van der Waals surface area contributed by atoms with Crippen molar-refractivity contribution in [3.05, 3.63) is 59.4 Å². The summed E-state index contributed by atoms with van der Waals surface area (Å²) in [5.74, 6) is -0.725. The molecule has 2 aromatic carbocycles. The van der Waals surface area contributed by atoms with Crippen molar-refractivity contribution >= 4 is 0 Å². The Hall–Kier alpha value is -2.32. The fourth-order valence-corrected chi connectivity index (χ4v) is 4.15. The molecular weight excluding hydrogens is 390 g/mol. The summed E-state index contributed by atoms with van der Waals surface area (Å²) in [5.41, 5.74) is -2.18. The smallest absolute Gasteiger partial charge is 0.494 e. The van der Waals surface area contributed by atoms with Crippen LogP contribution in [0.3, 0.4) is 0 Å². The van der Waals surface area contributed by atoms with Gasteiger partial charge in [-0.05, 0) is 43.8 Å². The Morgan fingerprint density at radius 3 is 2.14 bits per heavy atom. The van der Waals surface area contributed by atoms with Gasteiger partial charge >= 0.3 is 6.36 Å². The molecule has 4 nitrogen and oxygen atoms in total. The first-order valence-electron chi connectivity index (χ1n) is 9.18. The highest BCUT2D eigenvalue weighted by Crippen LogP contribution is 2.51. The Balaban J connectivity index is 2.06. The van der Waals surface area contributed by atoms with Gasteiger partial charge in [-0.1, -0.05) is 19.1 Å². The molecule has 1 saturated heterocycles. The summed E-state index contributed by atoms with van der Waals surface area (Å²) >= 11 is 0. The summed E-state index contributed by atoms with van der Waals surface area (Å²) in [6.07, 6.45) is -4.82.